The lowest BCUT2D eigenvalue weighted by Crippen LogP contribution is -2.20. The molecule has 0 N–H and O–H groups in total. The molecule has 0 aromatic carbocycles. The van der Waals surface area contributed by atoms with Crippen molar-refractivity contribution in [2.24, 2.45) is 23.7 Å². The van der Waals surface area contributed by atoms with Gasteiger partial charge < -0.3 is 0 Å². The molecule has 0 radical (unpaired) electrons. The lowest BCUT2D eigenvalue weighted by molar-refractivity contribution is -0.124. The molecule has 3 aliphatic rings. The van der Waals surface area contributed by atoms with E-state index in [2.05, 4.69) is 0 Å². The molecule has 0 aromatic rings. The van der Waals surface area contributed by atoms with Crippen LogP contribution in [0.25, 0.3) is 0 Å². The highest BCUT2D eigenvalue weighted by Gasteiger charge is 2.52. The smallest absolute Gasteiger partial charge is 0.143 e. The first-order valence-electron chi connectivity index (χ1n) is 4.49. The van der Waals surface area contributed by atoms with Gasteiger partial charge in [0, 0.05) is 11.8 Å². The van der Waals surface area contributed by atoms with Crippen LogP contribution in [0.3, 0.4) is 0 Å². The molecule has 1 heteroatoms. The predicted molar refractivity (Wildman–Crippen MR) is 37.3 cm³/mol. The van der Waals surface area contributed by atoms with E-state index in [0.717, 1.165) is 18.9 Å². The summed E-state index contributed by atoms with van der Waals surface area (Å²) in [5.41, 5.74) is 0. The highest BCUT2D eigenvalue weighted by atomic mass is 16.1. The van der Waals surface area contributed by atoms with Crippen molar-refractivity contribution in [3.8, 4) is 0 Å². The van der Waals surface area contributed by atoms with Gasteiger partial charge in [0.15, 0.2) is 0 Å². The number of hydrogen-bond acceptors (Lipinski definition) is 1. The highest BCUT2D eigenvalue weighted by molar-refractivity contribution is 5.89. The van der Waals surface area contributed by atoms with Crippen LogP contribution in [-0.2, 0) is 4.79 Å². The second-order valence-electron chi connectivity index (χ2n) is 3.70. The van der Waals surface area contributed by atoms with Crippen LogP contribution in [0.2, 0.25) is 0 Å². The fourth-order valence-electron chi connectivity index (χ4n) is 2.81. The van der Waals surface area contributed by atoms with E-state index < -0.39 is 0 Å². The molecule has 0 amide bonds. The van der Waals surface area contributed by atoms with E-state index in [1.54, 1.807) is 0 Å². The molecule has 10 heavy (non-hydrogen) atoms. The largest absolute Gasteiger partial charge is 0.299 e. The summed E-state index contributed by atoms with van der Waals surface area (Å²) in [6, 6.07) is 0.744. The van der Waals surface area contributed by atoms with Crippen molar-refractivity contribution in [1.82, 2.24) is 0 Å². The van der Waals surface area contributed by atoms with Crippen molar-refractivity contribution in [1.29, 1.82) is 0 Å². The Bertz CT molecular complexity index is 269. The van der Waals surface area contributed by atoms with Gasteiger partial charge in [-0.05, 0) is 24.7 Å². The molecule has 3 rings (SSSR count). The Labute approximate surface area is 61.5 Å². The van der Waals surface area contributed by atoms with E-state index in [1.165, 1.54) is 0 Å². The van der Waals surface area contributed by atoms with Crippen LogP contribution >= 0.6 is 0 Å². The molecular formula is C9H10O. The van der Waals surface area contributed by atoms with E-state index in [1.807, 2.05) is 6.08 Å². The SMILES string of the molecule is [2H]C1=C[C@H]2C(=O)[C@@H]3C[C@H]2[C@H]1C3. The van der Waals surface area contributed by atoms with Gasteiger partial charge in [0.05, 0.1) is 1.37 Å². The maximum atomic E-state index is 11.4. The van der Waals surface area contributed by atoms with Crippen LogP contribution in [0, 0.1) is 23.7 Å². The zero-order valence-corrected chi connectivity index (χ0v) is 5.71. The van der Waals surface area contributed by atoms with Gasteiger partial charge >= 0.3 is 0 Å². The van der Waals surface area contributed by atoms with Crippen LogP contribution in [0.4, 0.5) is 0 Å². The van der Waals surface area contributed by atoms with E-state index in [0.29, 0.717) is 23.5 Å². The topological polar surface area (TPSA) is 17.1 Å². The second kappa shape index (κ2) is 1.36. The summed E-state index contributed by atoms with van der Waals surface area (Å²) in [7, 11) is 0. The summed E-state index contributed by atoms with van der Waals surface area (Å²) < 4.78 is 7.62. The first-order chi connectivity index (χ1) is 5.27. The molecular weight excluding hydrogens is 124 g/mol. The van der Waals surface area contributed by atoms with Gasteiger partial charge in [-0.15, -0.1) is 0 Å². The molecule has 2 fully saturated rings. The summed E-state index contributed by atoms with van der Waals surface area (Å²) in [5, 5.41) is 0. The van der Waals surface area contributed by atoms with Crippen molar-refractivity contribution < 1.29 is 6.17 Å². The maximum Gasteiger partial charge on any atom is 0.143 e. The average molecular weight is 135 g/mol. The lowest BCUT2D eigenvalue weighted by Gasteiger charge is -2.16. The summed E-state index contributed by atoms with van der Waals surface area (Å²) in [4.78, 5) is 11.4. The standard InChI is InChI=1S/C9H10O/c10-9-6-3-5-1-2-7(9)8(5)4-6/h1-2,5-8H,3-4H2/t5-,6+,7-,8+/m1/s1/i1D. The van der Waals surface area contributed by atoms with Crippen LogP contribution in [-0.4, -0.2) is 5.78 Å². The number of ketones is 1. The molecule has 3 aliphatic carbocycles. The van der Waals surface area contributed by atoms with Crippen LogP contribution in [0.15, 0.2) is 12.1 Å². The van der Waals surface area contributed by atoms with Gasteiger partial charge in [0.2, 0.25) is 0 Å². The Morgan fingerprint density at radius 3 is 3.20 bits per heavy atom. The average Bonchev–Trinajstić information content (AvgIpc) is 2.53. The normalized spacial score (nSPS) is 57.4. The Hall–Kier alpha value is -0.590. The Balaban J connectivity index is 2.12. The van der Waals surface area contributed by atoms with Crippen molar-refractivity contribution >= 4 is 5.78 Å². The molecule has 0 aliphatic heterocycles. The maximum absolute atomic E-state index is 11.4. The van der Waals surface area contributed by atoms with E-state index >= 15 is 0 Å². The van der Waals surface area contributed by atoms with Crippen molar-refractivity contribution in [3.63, 3.8) is 0 Å². The Morgan fingerprint density at radius 1 is 1.60 bits per heavy atom. The predicted octanol–water partition coefficient (Wildman–Crippen LogP) is 1.40. The van der Waals surface area contributed by atoms with Crippen molar-refractivity contribution in [2.45, 2.75) is 12.8 Å². The van der Waals surface area contributed by atoms with Crippen LogP contribution in [0.1, 0.15) is 14.2 Å². The zero-order chi connectivity index (χ0) is 7.59. The summed E-state index contributed by atoms with van der Waals surface area (Å²) in [6.07, 6.45) is 3.95. The first kappa shape index (κ1) is 4.32. The van der Waals surface area contributed by atoms with Gasteiger partial charge in [-0.3, -0.25) is 4.79 Å². The number of hydrogen-bond donors (Lipinski definition) is 0. The molecule has 0 spiro atoms. The zero-order valence-electron chi connectivity index (χ0n) is 6.71. The minimum absolute atomic E-state index is 0.159. The minimum atomic E-state index is 0.159. The van der Waals surface area contributed by atoms with Crippen molar-refractivity contribution in [2.75, 3.05) is 0 Å². The van der Waals surface area contributed by atoms with Gasteiger partial charge in [-0.25, -0.2) is 0 Å². The molecule has 2 bridgehead atoms. The summed E-state index contributed by atoms with van der Waals surface area (Å²) in [6.45, 7) is 0. The number of fused-ring (bicyclic) bond motifs is 1. The van der Waals surface area contributed by atoms with E-state index in [4.69, 9.17) is 1.37 Å². The molecule has 1 nitrogen and oxygen atoms in total. The molecule has 0 saturated heterocycles. The third kappa shape index (κ3) is 0.377. The second-order valence-corrected chi connectivity index (χ2v) is 3.70. The summed E-state index contributed by atoms with van der Waals surface area (Å²) in [5.74, 6) is 1.91. The fraction of sp³-hybridized carbons (Fsp3) is 0.667. The minimum Gasteiger partial charge on any atom is -0.299 e. The lowest BCUT2D eigenvalue weighted by atomic mass is 9.87. The molecule has 0 heterocycles. The van der Waals surface area contributed by atoms with Crippen LogP contribution in [0.5, 0.6) is 0 Å². The molecule has 52 valence electrons. The molecule has 0 unspecified atom stereocenters. The van der Waals surface area contributed by atoms with Crippen LogP contribution < -0.4 is 0 Å². The monoisotopic (exact) mass is 135 g/mol. The van der Waals surface area contributed by atoms with Gasteiger partial charge in [-0.2, -0.15) is 0 Å². The first-order valence-corrected chi connectivity index (χ1v) is 3.99. The molecule has 4 atom stereocenters. The Morgan fingerprint density at radius 2 is 2.50 bits per heavy atom. The third-order valence-corrected chi connectivity index (χ3v) is 3.29. The quantitative estimate of drug-likeness (QED) is 0.459. The number of Topliss-reactive ketones (excluding diaryl/α,β-unsaturated/α-hetero) is 1. The number of allylic oxidation sites excluding steroid dienone is 2. The third-order valence-electron chi connectivity index (χ3n) is 3.29. The Kier molecular flexibility index (Phi) is 0.589. The summed E-state index contributed by atoms with van der Waals surface area (Å²) >= 11 is 0. The number of rotatable bonds is 0. The van der Waals surface area contributed by atoms with Gasteiger partial charge in [0.1, 0.15) is 5.78 Å². The number of carbonyl (C=O) groups is 1. The van der Waals surface area contributed by atoms with Crippen molar-refractivity contribution in [3.05, 3.63) is 12.1 Å². The van der Waals surface area contributed by atoms with E-state index in [9.17, 15) is 4.79 Å². The molecule has 2 saturated carbocycles. The fourth-order valence-corrected chi connectivity index (χ4v) is 2.81. The number of carbonyl (C=O) groups excluding carboxylic acids is 1. The highest BCUT2D eigenvalue weighted by Crippen LogP contribution is 2.54. The molecule has 0 aromatic heterocycles. The van der Waals surface area contributed by atoms with Gasteiger partial charge in [0.25, 0.3) is 0 Å². The van der Waals surface area contributed by atoms with Gasteiger partial charge in [-0.1, -0.05) is 12.1 Å². The van der Waals surface area contributed by atoms with E-state index in [-0.39, 0.29) is 5.92 Å².